The van der Waals surface area contributed by atoms with Gasteiger partial charge in [0, 0.05) is 30.3 Å². The summed E-state index contributed by atoms with van der Waals surface area (Å²) in [5.41, 5.74) is 0. The first-order valence-electron chi connectivity index (χ1n) is 5.17. The number of rotatable bonds is 6. The van der Waals surface area contributed by atoms with Gasteiger partial charge in [0.1, 0.15) is 0 Å². The molecule has 0 radical (unpaired) electrons. The number of aryl methyl sites for hydroxylation is 1. The van der Waals surface area contributed by atoms with Crippen LogP contribution in [0, 0.1) is 0 Å². The summed E-state index contributed by atoms with van der Waals surface area (Å²) in [6, 6.07) is 1.84. The first-order valence-corrected chi connectivity index (χ1v) is 6.43. The Bertz CT molecular complexity index is 405. The fourth-order valence-corrected chi connectivity index (χ4v) is 2.37. The quantitative estimate of drug-likeness (QED) is 0.866. The van der Waals surface area contributed by atoms with Crippen molar-refractivity contribution in [2.45, 2.75) is 19.3 Å². The van der Waals surface area contributed by atoms with E-state index in [4.69, 9.17) is 16.7 Å². The maximum Gasteiger partial charge on any atom is 0.305 e. The molecule has 0 atom stereocenters. The Kier molecular flexibility index (Phi) is 5.44. The molecular formula is C11H14ClNO3S. The number of nitrogens with zero attached hydrogens (tertiary/aromatic N) is 1. The zero-order valence-corrected chi connectivity index (χ0v) is 11.1. The van der Waals surface area contributed by atoms with Gasteiger partial charge in [-0.2, -0.15) is 0 Å². The third-order valence-corrected chi connectivity index (χ3v) is 3.64. The number of aliphatic carboxylic acids is 1. The maximum absolute atomic E-state index is 11.6. The lowest BCUT2D eigenvalue weighted by atomic mass is 10.2. The van der Waals surface area contributed by atoms with Crippen molar-refractivity contribution in [2.24, 2.45) is 0 Å². The molecule has 0 aromatic carbocycles. The van der Waals surface area contributed by atoms with E-state index in [0.717, 1.165) is 4.88 Å². The van der Waals surface area contributed by atoms with Crippen molar-refractivity contribution in [1.82, 2.24) is 4.90 Å². The molecule has 0 bridgehead atoms. The molecule has 0 saturated heterocycles. The highest BCUT2D eigenvalue weighted by atomic mass is 35.5. The van der Waals surface area contributed by atoms with Crippen molar-refractivity contribution in [1.29, 1.82) is 0 Å². The van der Waals surface area contributed by atoms with Crippen molar-refractivity contribution in [3.05, 3.63) is 21.3 Å². The van der Waals surface area contributed by atoms with E-state index >= 15 is 0 Å². The van der Waals surface area contributed by atoms with Crippen LogP contribution in [-0.4, -0.2) is 35.5 Å². The van der Waals surface area contributed by atoms with E-state index in [-0.39, 0.29) is 18.9 Å². The van der Waals surface area contributed by atoms with Gasteiger partial charge in [0.15, 0.2) is 0 Å². The molecule has 4 nitrogen and oxygen atoms in total. The van der Waals surface area contributed by atoms with Crippen LogP contribution in [0.2, 0.25) is 5.02 Å². The highest BCUT2D eigenvalue weighted by Crippen LogP contribution is 2.20. The molecule has 0 unspecified atom stereocenters. The van der Waals surface area contributed by atoms with Crippen molar-refractivity contribution in [2.75, 3.05) is 13.6 Å². The van der Waals surface area contributed by atoms with Gasteiger partial charge in [0.25, 0.3) is 0 Å². The van der Waals surface area contributed by atoms with Crippen LogP contribution in [0.3, 0.4) is 0 Å². The van der Waals surface area contributed by atoms with Gasteiger partial charge in [-0.05, 0) is 12.5 Å². The fourth-order valence-electron chi connectivity index (χ4n) is 1.29. The number of halogens is 1. The van der Waals surface area contributed by atoms with Crippen molar-refractivity contribution in [3.8, 4) is 0 Å². The molecule has 1 N–H and O–H groups in total. The molecule has 0 aliphatic carbocycles. The topological polar surface area (TPSA) is 57.6 Å². The number of carboxylic acid groups (broad SMARTS) is 1. The maximum atomic E-state index is 11.6. The molecule has 0 saturated carbocycles. The van der Waals surface area contributed by atoms with Crippen LogP contribution in [0.4, 0.5) is 0 Å². The Labute approximate surface area is 109 Å². The first-order chi connectivity index (χ1) is 7.99. The van der Waals surface area contributed by atoms with Gasteiger partial charge in [-0.1, -0.05) is 11.6 Å². The molecule has 0 spiro atoms. The molecule has 0 aliphatic heterocycles. The van der Waals surface area contributed by atoms with Gasteiger partial charge < -0.3 is 10.0 Å². The van der Waals surface area contributed by atoms with Gasteiger partial charge in [-0.15, -0.1) is 11.3 Å². The summed E-state index contributed by atoms with van der Waals surface area (Å²) in [4.78, 5) is 24.5. The molecular weight excluding hydrogens is 262 g/mol. The van der Waals surface area contributed by atoms with Gasteiger partial charge in [0.2, 0.25) is 5.91 Å². The molecule has 0 fully saturated rings. The average molecular weight is 276 g/mol. The third-order valence-electron chi connectivity index (χ3n) is 2.29. The van der Waals surface area contributed by atoms with Crippen LogP contribution < -0.4 is 0 Å². The lowest BCUT2D eigenvalue weighted by Gasteiger charge is -2.15. The summed E-state index contributed by atoms with van der Waals surface area (Å²) in [6.07, 6.45) is 1.01. The van der Waals surface area contributed by atoms with Crippen LogP contribution in [-0.2, 0) is 16.0 Å². The van der Waals surface area contributed by atoms with Gasteiger partial charge in [-0.25, -0.2) is 0 Å². The van der Waals surface area contributed by atoms with Gasteiger partial charge in [0.05, 0.1) is 11.4 Å². The van der Waals surface area contributed by atoms with Crippen LogP contribution in [0.15, 0.2) is 11.4 Å². The summed E-state index contributed by atoms with van der Waals surface area (Å²) in [5.74, 6) is -0.939. The second-order valence-electron chi connectivity index (χ2n) is 3.69. The van der Waals surface area contributed by atoms with Crippen LogP contribution in [0.1, 0.15) is 17.7 Å². The summed E-state index contributed by atoms with van der Waals surface area (Å²) >= 11 is 7.30. The van der Waals surface area contributed by atoms with Crippen LogP contribution in [0.5, 0.6) is 0 Å². The van der Waals surface area contributed by atoms with E-state index in [0.29, 0.717) is 17.9 Å². The Morgan fingerprint density at radius 1 is 1.47 bits per heavy atom. The number of amides is 1. The van der Waals surface area contributed by atoms with E-state index < -0.39 is 5.97 Å². The summed E-state index contributed by atoms with van der Waals surface area (Å²) in [5, 5.41) is 11.0. The number of carbonyl (C=O) groups is 2. The predicted molar refractivity (Wildman–Crippen MR) is 67.5 cm³/mol. The minimum atomic E-state index is -0.894. The number of carbonyl (C=O) groups excluding carboxylic acids is 1. The number of carboxylic acids is 1. The molecule has 1 amide bonds. The second-order valence-corrected chi connectivity index (χ2v) is 5.12. The number of hydrogen-bond acceptors (Lipinski definition) is 3. The number of hydrogen-bond donors (Lipinski definition) is 1. The van der Waals surface area contributed by atoms with Crippen LogP contribution in [0.25, 0.3) is 0 Å². The lowest BCUT2D eigenvalue weighted by Crippen LogP contribution is -2.29. The standard InChI is InChI=1S/C11H14ClNO3S/c1-13(5-4-11(15)16)10(14)3-2-9-6-8(12)7-17-9/h6-7H,2-5H2,1H3,(H,15,16). The molecule has 6 heteroatoms. The average Bonchev–Trinajstić information content (AvgIpc) is 2.68. The summed E-state index contributed by atoms with van der Waals surface area (Å²) in [7, 11) is 1.62. The van der Waals surface area contributed by atoms with Gasteiger partial charge in [-0.3, -0.25) is 9.59 Å². The molecule has 1 aromatic rings. The largest absolute Gasteiger partial charge is 0.481 e. The SMILES string of the molecule is CN(CCC(=O)O)C(=O)CCc1cc(Cl)cs1. The zero-order chi connectivity index (χ0) is 12.8. The van der Waals surface area contributed by atoms with E-state index in [1.807, 2.05) is 11.4 Å². The Hall–Kier alpha value is -1.07. The Balaban J connectivity index is 2.31. The van der Waals surface area contributed by atoms with E-state index in [1.54, 1.807) is 7.05 Å². The van der Waals surface area contributed by atoms with E-state index in [9.17, 15) is 9.59 Å². The minimum Gasteiger partial charge on any atom is -0.481 e. The van der Waals surface area contributed by atoms with E-state index in [2.05, 4.69) is 0 Å². The smallest absolute Gasteiger partial charge is 0.305 e. The van der Waals surface area contributed by atoms with E-state index in [1.165, 1.54) is 16.2 Å². The summed E-state index contributed by atoms with van der Waals surface area (Å²) < 4.78 is 0. The molecule has 0 aliphatic rings. The highest BCUT2D eigenvalue weighted by molar-refractivity contribution is 7.10. The highest BCUT2D eigenvalue weighted by Gasteiger charge is 2.10. The molecule has 17 heavy (non-hydrogen) atoms. The fraction of sp³-hybridized carbons (Fsp3) is 0.455. The Morgan fingerprint density at radius 2 is 2.18 bits per heavy atom. The molecule has 1 aromatic heterocycles. The summed E-state index contributed by atoms with van der Waals surface area (Å²) in [6.45, 7) is 0.249. The van der Waals surface area contributed by atoms with Crippen LogP contribution >= 0.6 is 22.9 Å². The van der Waals surface area contributed by atoms with Gasteiger partial charge >= 0.3 is 5.97 Å². The molecule has 1 rings (SSSR count). The normalized spacial score (nSPS) is 10.2. The van der Waals surface area contributed by atoms with Crippen molar-refractivity contribution < 1.29 is 14.7 Å². The number of thiophene rings is 1. The lowest BCUT2D eigenvalue weighted by molar-refractivity contribution is -0.138. The van der Waals surface area contributed by atoms with Crippen molar-refractivity contribution in [3.63, 3.8) is 0 Å². The first kappa shape index (κ1) is 14.0. The Morgan fingerprint density at radius 3 is 2.71 bits per heavy atom. The zero-order valence-electron chi connectivity index (χ0n) is 9.48. The predicted octanol–water partition coefficient (Wildman–Crippen LogP) is 2.27. The van der Waals surface area contributed by atoms with Crippen molar-refractivity contribution >= 4 is 34.8 Å². The monoisotopic (exact) mass is 275 g/mol. The second kappa shape index (κ2) is 6.61. The molecule has 1 heterocycles. The minimum absolute atomic E-state index is 0.0208. The molecule has 94 valence electrons. The third kappa shape index (κ3) is 5.19.